The molecule has 0 aliphatic carbocycles. The number of ether oxygens (including phenoxy) is 1. The minimum absolute atomic E-state index is 0. The number of anilines is 2. The summed E-state index contributed by atoms with van der Waals surface area (Å²) in [5.74, 6) is 0.0755. The van der Waals surface area contributed by atoms with Crippen molar-refractivity contribution >= 4 is 61.3 Å². The number of morpholine rings is 1. The molecule has 1 amide bonds. The maximum Gasteiger partial charge on any atom is 0.263 e. The van der Waals surface area contributed by atoms with Gasteiger partial charge in [-0.25, -0.2) is 13.4 Å². The first-order chi connectivity index (χ1) is 16.8. The van der Waals surface area contributed by atoms with E-state index in [4.69, 9.17) is 27.9 Å². The van der Waals surface area contributed by atoms with Crippen LogP contribution in [0.5, 0.6) is 0 Å². The molecule has 12 heteroatoms. The number of carbonyl (C=O) groups excluding carboxylic acids is 1. The van der Waals surface area contributed by atoms with Gasteiger partial charge in [-0.2, -0.15) is 0 Å². The molecule has 0 radical (unpaired) electrons. The maximum atomic E-state index is 12.2. The molecule has 2 N–H and O–H groups in total. The van der Waals surface area contributed by atoms with E-state index in [1.807, 2.05) is 12.1 Å². The molecule has 2 aliphatic heterocycles. The molecular formula is C23H26Cl2N4O4S2. The molecule has 0 spiro atoms. The Morgan fingerprint density at radius 3 is 2.49 bits per heavy atom. The number of hydrogen-bond acceptors (Lipinski definition) is 7. The zero-order valence-electron chi connectivity index (χ0n) is 18.6. The van der Waals surface area contributed by atoms with E-state index >= 15 is 0 Å². The lowest BCUT2D eigenvalue weighted by atomic mass is 10.1. The largest absolute Gasteiger partial charge is 0.378 e. The van der Waals surface area contributed by atoms with Crippen molar-refractivity contribution in [1.82, 2.24) is 10.3 Å². The van der Waals surface area contributed by atoms with Crippen LogP contribution in [0.25, 0.3) is 0 Å². The Kier molecular flexibility index (Phi) is 8.64. The molecule has 2 aliphatic rings. The van der Waals surface area contributed by atoms with E-state index in [2.05, 4.69) is 15.0 Å². The molecule has 5 rings (SSSR count). The summed E-state index contributed by atoms with van der Waals surface area (Å²) in [6.45, 7) is 3.00. The van der Waals surface area contributed by atoms with Gasteiger partial charge in [0, 0.05) is 48.2 Å². The summed E-state index contributed by atoms with van der Waals surface area (Å²) >= 11 is 13.0. The van der Waals surface area contributed by atoms with Gasteiger partial charge in [-0.05, 0) is 54.4 Å². The van der Waals surface area contributed by atoms with E-state index in [1.165, 1.54) is 29.7 Å². The van der Waals surface area contributed by atoms with Gasteiger partial charge in [-0.1, -0.05) is 23.2 Å². The van der Waals surface area contributed by atoms with E-state index in [9.17, 15) is 13.2 Å². The number of nitrogens with zero attached hydrogens (tertiary/aromatic N) is 2. The van der Waals surface area contributed by atoms with Crippen molar-refractivity contribution in [3.8, 4) is 0 Å². The van der Waals surface area contributed by atoms with Crippen LogP contribution in [0.1, 0.15) is 25.9 Å². The number of sulfonamides is 1. The second kappa shape index (κ2) is 11.7. The first kappa shape index (κ1) is 25.9. The van der Waals surface area contributed by atoms with Gasteiger partial charge >= 0.3 is 0 Å². The molecule has 1 unspecified atom stereocenters. The van der Waals surface area contributed by atoms with Crippen molar-refractivity contribution in [2.75, 3.05) is 35.9 Å². The summed E-state index contributed by atoms with van der Waals surface area (Å²) in [6.07, 6.45) is 2.92. The highest BCUT2D eigenvalue weighted by Crippen LogP contribution is 2.25. The molecule has 0 saturated carbocycles. The lowest BCUT2D eigenvalue weighted by Crippen LogP contribution is -2.34. The number of halogens is 2. The molecule has 3 heterocycles. The summed E-state index contributed by atoms with van der Waals surface area (Å²) in [4.78, 5) is 17.4. The first-order valence-corrected chi connectivity index (χ1v) is 14.0. The van der Waals surface area contributed by atoms with Crippen LogP contribution in [0.2, 0.25) is 10.0 Å². The van der Waals surface area contributed by atoms with Crippen LogP contribution in [-0.2, 0) is 19.6 Å². The average Bonchev–Trinajstić information content (AvgIpc) is 3.51. The summed E-state index contributed by atoms with van der Waals surface area (Å²) in [5, 5.41) is 6.70. The topological polar surface area (TPSA) is 101 Å². The SMILES string of the molecule is Clc1cc(Cl)cc(C2COCCN2)c1.O=C1CCCN1c1ccc(S(=O)(=O)Nc2nccs2)cc1.[HH]. The predicted octanol–water partition coefficient (Wildman–Crippen LogP) is 4.97. The average molecular weight is 558 g/mol. The number of nitrogens with one attached hydrogen (secondary N) is 2. The van der Waals surface area contributed by atoms with Gasteiger partial charge in [-0.15, -0.1) is 11.3 Å². The van der Waals surface area contributed by atoms with Crippen LogP contribution < -0.4 is 14.9 Å². The zero-order chi connectivity index (χ0) is 24.8. The van der Waals surface area contributed by atoms with Crippen LogP contribution >= 0.6 is 34.5 Å². The molecule has 1 atom stereocenters. The minimum Gasteiger partial charge on any atom is -0.378 e. The lowest BCUT2D eigenvalue weighted by Gasteiger charge is -2.24. The van der Waals surface area contributed by atoms with Crippen molar-refractivity contribution < 1.29 is 19.4 Å². The predicted molar refractivity (Wildman–Crippen MR) is 141 cm³/mol. The number of rotatable bonds is 5. The monoisotopic (exact) mass is 556 g/mol. The van der Waals surface area contributed by atoms with Crippen molar-refractivity contribution in [2.24, 2.45) is 0 Å². The molecule has 3 aromatic rings. The summed E-state index contributed by atoms with van der Waals surface area (Å²) < 4.78 is 32.1. The first-order valence-electron chi connectivity index (χ1n) is 10.9. The molecule has 0 bridgehead atoms. The fourth-order valence-corrected chi connectivity index (χ4v) is 6.06. The highest BCUT2D eigenvalue weighted by atomic mass is 35.5. The molecular weight excluding hydrogens is 531 g/mol. The van der Waals surface area contributed by atoms with Crippen LogP contribution in [0.4, 0.5) is 10.8 Å². The van der Waals surface area contributed by atoms with Crippen molar-refractivity contribution in [3.05, 3.63) is 69.7 Å². The van der Waals surface area contributed by atoms with Gasteiger partial charge in [0.25, 0.3) is 10.0 Å². The van der Waals surface area contributed by atoms with Gasteiger partial charge in [0.2, 0.25) is 5.91 Å². The third-order valence-corrected chi connectivity index (χ3v) is 8.00. The van der Waals surface area contributed by atoms with Crippen molar-refractivity contribution in [2.45, 2.75) is 23.8 Å². The van der Waals surface area contributed by atoms with Crippen LogP contribution in [-0.4, -0.2) is 45.6 Å². The van der Waals surface area contributed by atoms with Gasteiger partial charge in [0.05, 0.1) is 24.2 Å². The van der Waals surface area contributed by atoms with E-state index in [0.29, 0.717) is 34.7 Å². The fourth-order valence-electron chi connectivity index (χ4n) is 3.73. The normalized spacial score (nSPS) is 18.2. The van der Waals surface area contributed by atoms with Crippen LogP contribution in [0.15, 0.2) is 58.9 Å². The number of benzene rings is 2. The van der Waals surface area contributed by atoms with Gasteiger partial charge in [-0.3, -0.25) is 9.52 Å². The Morgan fingerprint density at radius 2 is 1.91 bits per heavy atom. The summed E-state index contributed by atoms with van der Waals surface area (Å²) in [5.41, 5.74) is 1.81. The Hall–Kier alpha value is -2.21. The molecule has 8 nitrogen and oxygen atoms in total. The molecule has 2 fully saturated rings. The van der Waals surface area contributed by atoms with Crippen molar-refractivity contribution in [1.29, 1.82) is 0 Å². The lowest BCUT2D eigenvalue weighted by molar-refractivity contribution is -0.117. The molecule has 188 valence electrons. The molecule has 2 aromatic carbocycles. The molecule has 2 saturated heterocycles. The summed E-state index contributed by atoms with van der Waals surface area (Å²) in [6, 6.07) is 12.1. The van der Waals surface area contributed by atoms with E-state index in [-0.39, 0.29) is 18.3 Å². The third-order valence-electron chi connectivity index (χ3n) is 5.40. The quantitative estimate of drug-likeness (QED) is 0.460. The number of amides is 1. The Bertz CT molecular complexity index is 1240. The van der Waals surface area contributed by atoms with Crippen LogP contribution in [0, 0.1) is 0 Å². The number of thiazole rings is 1. The minimum atomic E-state index is -3.64. The number of carbonyl (C=O) groups is 1. The zero-order valence-corrected chi connectivity index (χ0v) is 21.8. The molecule has 1 aromatic heterocycles. The highest BCUT2D eigenvalue weighted by Gasteiger charge is 2.22. The second-order valence-corrected chi connectivity index (χ2v) is 11.3. The third kappa shape index (κ3) is 6.93. The van der Waals surface area contributed by atoms with E-state index in [1.54, 1.807) is 28.5 Å². The number of aromatic nitrogens is 1. The highest BCUT2D eigenvalue weighted by molar-refractivity contribution is 7.93. The standard InChI is InChI=1S/C13H13N3O3S2.C10H11Cl2NO.H2/c17-12-2-1-8-16(12)10-3-5-11(6-4-10)21(18,19)15-13-14-7-9-20-13;11-8-3-7(4-9(12)5-8)10-6-14-2-1-13-10;/h3-7,9H,1-2,8H2,(H,14,15);3-5,10,13H,1-2,6H2;1H. The summed E-state index contributed by atoms with van der Waals surface area (Å²) in [7, 11) is -3.64. The maximum absolute atomic E-state index is 12.2. The smallest absolute Gasteiger partial charge is 0.263 e. The van der Waals surface area contributed by atoms with Gasteiger partial charge in [0.1, 0.15) is 0 Å². The molecule has 35 heavy (non-hydrogen) atoms. The van der Waals surface area contributed by atoms with Crippen LogP contribution in [0.3, 0.4) is 0 Å². The van der Waals surface area contributed by atoms with Gasteiger partial charge < -0.3 is 15.0 Å². The van der Waals surface area contributed by atoms with E-state index < -0.39 is 10.0 Å². The fraction of sp³-hybridized carbons (Fsp3) is 0.304. The second-order valence-electron chi connectivity index (χ2n) is 7.87. The Labute approximate surface area is 219 Å². The number of hydrogen-bond donors (Lipinski definition) is 2. The Balaban J connectivity index is 0.000000210. The Morgan fingerprint density at radius 1 is 1.17 bits per heavy atom. The van der Waals surface area contributed by atoms with Gasteiger partial charge in [0.15, 0.2) is 5.13 Å². The van der Waals surface area contributed by atoms with E-state index in [0.717, 1.165) is 30.8 Å². The van der Waals surface area contributed by atoms with Crippen molar-refractivity contribution in [3.63, 3.8) is 0 Å².